The minimum absolute atomic E-state index is 0.283. The van der Waals surface area contributed by atoms with Crippen LogP contribution >= 0.6 is 0 Å². The number of carboxylic acid groups (broad SMARTS) is 1. The van der Waals surface area contributed by atoms with Crippen LogP contribution in [-0.4, -0.2) is 34.4 Å². The molecule has 1 aromatic carbocycles. The van der Waals surface area contributed by atoms with E-state index in [2.05, 4.69) is 5.43 Å². The molecule has 0 saturated carbocycles. The number of carboxylic acids is 1. The first-order valence-electron chi connectivity index (χ1n) is 4.54. The van der Waals surface area contributed by atoms with Gasteiger partial charge < -0.3 is 5.11 Å². The van der Waals surface area contributed by atoms with Crippen molar-refractivity contribution in [3.05, 3.63) is 35.4 Å². The van der Waals surface area contributed by atoms with Crippen LogP contribution in [0, 0.1) is 0 Å². The highest BCUT2D eigenvalue weighted by atomic mass is 16.4. The van der Waals surface area contributed by atoms with Gasteiger partial charge in [0.05, 0.1) is 11.1 Å². The summed E-state index contributed by atoms with van der Waals surface area (Å²) in [6.45, 7) is -0.481. The van der Waals surface area contributed by atoms with Gasteiger partial charge >= 0.3 is 5.97 Å². The number of imide groups is 1. The van der Waals surface area contributed by atoms with E-state index in [1.807, 2.05) is 0 Å². The number of hydrazine groups is 1. The molecule has 6 heteroatoms. The van der Waals surface area contributed by atoms with Crippen molar-refractivity contribution in [2.75, 3.05) is 6.54 Å². The Bertz CT molecular complexity index is 448. The van der Waals surface area contributed by atoms with E-state index in [0.717, 1.165) is 5.01 Å². The number of hydrogen-bond acceptors (Lipinski definition) is 4. The summed E-state index contributed by atoms with van der Waals surface area (Å²) >= 11 is 0. The summed E-state index contributed by atoms with van der Waals surface area (Å²) in [5.74, 6) is -2.19. The molecule has 0 aromatic heterocycles. The monoisotopic (exact) mass is 220 g/mol. The maximum Gasteiger partial charge on any atom is 0.319 e. The number of amides is 2. The van der Waals surface area contributed by atoms with Crippen molar-refractivity contribution in [2.45, 2.75) is 0 Å². The van der Waals surface area contributed by atoms with Crippen molar-refractivity contribution >= 4 is 17.8 Å². The maximum absolute atomic E-state index is 11.7. The van der Waals surface area contributed by atoms with Gasteiger partial charge in [0.25, 0.3) is 11.8 Å². The molecule has 16 heavy (non-hydrogen) atoms. The van der Waals surface area contributed by atoms with Gasteiger partial charge in [0.1, 0.15) is 6.54 Å². The third kappa shape index (κ3) is 1.55. The lowest BCUT2D eigenvalue weighted by Gasteiger charge is -2.12. The summed E-state index contributed by atoms with van der Waals surface area (Å²) < 4.78 is 0. The Kier molecular flexibility index (Phi) is 2.41. The Balaban J connectivity index is 2.25. The minimum atomic E-state index is -1.14. The first-order valence-corrected chi connectivity index (χ1v) is 4.54. The second-order valence-corrected chi connectivity index (χ2v) is 3.22. The lowest BCUT2D eigenvalue weighted by Crippen LogP contribution is -2.44. The van der Waals surface area contributed by atoms with Crippen LogP contribution in [0.1, 0.15) is 20.7 Å². The Morgan fingerprint density at radius 2 is 1.69 bits per heavy atom. The van der Waals surface area contributed by atoms with Crippen LogP contribution in [0.4, 0.5) is 0 Å². The average molecular weight is 220 g/mol. The summed E-state index contributed by atoms with van der Waals surface area (Å²) in [4.78, 5) is 33.7. The van der Waals surface area contributed by atoms with Gasteiger partial charge in [0, 0.05) is 0 Å². The van der Waals surface area contributed by atoms with Gasteiger partial charge in [-0.1, -0.05) is 12.1 Å². The first-order chi connectivity index (χ1) is 7.61. The van der Waals surface area contributed by atoms with Gasteiger partial charge in [-0.15, -0.1) is 0 Å². The normalized spacial score (nSPS) is 14.1. The van der Waals surface area contributed by atoms with Crippen LogP contribution in [-0.2, 0) is 4.79 Å². The summed E-state index contributed by atoms with van der Waals surface area (Å²) in [6.07, 6.45) is 0. The molecular weight excluding hydrogens is 212 g/mol. The number of benzene rings is 1. The molecule has 0 unspecified atom stereocenters. The molecule has 0 saturated heterocycles. The van der Waals surface area contributed by atoms with E-state index in [9.17, 15) is 14.4 Å². The van der Waals surface area contributed by atoms with Crippen LogP contribution in [0.15, 0.2) is 24.3 Å². The molecule has 1 heterocycles. The maximum atomic E-state index is 11.7. The third-order valence-corrected chi connectivity index (χ3v) is 2.18. The SMILES string of the molecule is O=C(O)CNN1C(=O)c2ccccc2C1=O. The third-order valence-electron chi connectivity index (χ3n) is 2.18. The number of aliphatic carboxylic acids is 1. The van der Waals surface area contributed by atoms with Crippen molar-refractivity contribution in [2.24, 2.45) is 0 Å². The topological polar surface area (TPSA) is 86.7 Å². The van der Waals surface area contributed by atoms with Crippen LogP contribution in [0.5, 0.6) is 0 Å². The van der Waals surface area contributed by atoms with Crippen molar-refractivity contribution in [3.8, 4) is 0 Å². The lowest BCUT2D eigenvalue weighted by atomic mass is 10.1. The van der Waals surface area contributed by atoms with Gasteiger partial charge in [-0.2, -0.15) is 0 Å². The molecule has 0 spiro atoms. The highest BCUT2D eigenvalue weighted by molar-refractivity contribution is 6.21. The Labute approximate surface area is 90.4 Å². The Morgan fingerprint density at radius 1 is 1.19 bits per heavy atom. The van der Waals surface area contributed by atoms with Crippen molar-refractivity contribution in [1.29, 1.82) is 0 Å². The zero-order valence-electron chi connectivity index (χ0n) is 8.14. The average Bonchev–Trinajstić information content (AvgIpc) is 2.50. The second-order valence-electron chi connectivity index (χ2n) is 3.22. The summed E-state index contributed by atoms with van der Waals surface area (Å²) in [5.41, 5.74) is 2.83. The van der Waals surface area contributed by atoms with Gasteiger partial charge in [-0.25, -0.2) is 10.4 Å². The molecule has 0 fully saturated rings. The fourth-order valence-electron chi connectivity index (χ4n) is 1.48. The quantitative estimate of drug-likeness (QED) is 0.693. The number of nitrogens with one attached hydrogen (secondary N) is 1. The molecule has 6 nitrogen and oxygen atoms in total. The fourth-order valence-corrected chi connectivity index (χ4v) is 1.48. The summed E-state index contributed by atoms with van der Waals surface area (Å²) in [5, 5.41) is 9.17. The number of carbonyl (C=O) groups is 3. The molecule has 0 atom stereocenters. The molecule has 0 radical (unpaired) electrons. The molecule has 1 aliphatic heterocycles. The van der Waals surface area contributed by atoms with Crippen LogP contribution in [0.3, 0.4) is 0 Å². The van der Waals surface area contributed by atoms with Crippen molar-refractivity contribution in [1.82, 2.24) is 10.4 Å². The van der Waals surface area contributed by atoms with E-state index in [-0.39, 0.29) is 11.1 Å². The number of fused-ring (bicyclic) bond motifs is 1. The summed E-state index contributed by atoms with van der Waals surface area (Å²) in [7, 11) is 0. The molecule has 2 amide bonds. The molecule has 0 aliphatic carbocycles. The van der Waals surface area contributed by atoms with E-state index < -0.39 is 24.3 Å². The number of hydrogen-bond donors (Lipinski definition) is 2. The van der Waals surface area contributed by atoms with Gasteiger partial charge in [0.2, 0.25) is 0 Å². The molecule has 82 valence electrons. The predicted octanol–water partition coefficient (Wildman–Crippen LogP) is -0.128. The van der Waals surface area contributed by atoms with Gasteiger partial charge in [-0.3, -0.25) is 14.4 Å². The van der Waals surface area contributed by atoms with E-state index in [1.54, 1.807) is 12.1 Å². The highest BCUT2D eigenvalue weighted by Crippen LogP contribution is 2.20. The van der Waals surface area contributed by atoms with E-state index in [1.165, 1.54) is 12.1 Å². The first kappa shape index (κ1) is 10.3. The van der Waals surface area contributed by atoms with E-state index in [0.29, 0.717) is 0 Å². The second kappa shape index (κ2) is 3.74. The number of rotatable bonds is 3. The largest absolute Gasteiger partial charge is 0.480 e. The number of nitrogens with zero attached hydrogens (tertiary/aromatic N) is 1. The van der Waals surface area contributed by atoms with Gasteiger partial charge in [-0.05, 0) is 12.1 Å². The molecule has 0 bridgehead atoms. The molecule has 2 rings (SSSR count). The highest BCUT2D eigenvalue weighted by Gasteiger charge is 2.35. The lowest BCUT2D eigenvalue weighted by molar-refractivity contribution is -0.136. The Morgan fingerprint density at radius 3 is 2.12 bits per heavy atom. The van der Waals surface area contributed by atoms with Crippen molar-refractivity contribution < 1.29 is 19.5 Å². The predicted molar refractivity (Wildman–Crippen MR) is 52.6 cm³/mol. The zero-order chi connectivity index (χ0) is 11.7. The van der Waals surface area contributed by atoms with Gasteiger partial charge in [0.15, 0.2) is 0 Å². The molecular formula is C10H8N2O4. The Hall–Kier alpha value is -2.21. The molecule has 1 aromatic rings. The smallest absolute Gasteiger partial charge is 0.319 e. The van der Waals surface area contributed by atoms with E-state index >= 15 is 0 Å². The molecule has 1 aliphatic rings. The minimum Gasteiger partial charge on any atom is -0.480 e. The summed E-state index contributed by atoms with van der Waals surface area (Å²) in [6, 6.07) is 6.34. The van der Waals surface area contributed by atoms with Crippen LogP contribution in [0.2, 0.25) is 0 Å². The number of carbonyl (C=O) groups excluding carboxylic acids is 2. The van der Waals surface area contributed by atoms with Crippen molar-refractivity contribution in [3.63, 3.8) is 0 Å². The van der Waals surface area contributed by atoms with Crippen LogP contribution in [0.25, 0.3) is 0 Å². The standard InChI is InChI=1S/C10H8N2O4/c13-8(14)5-11-12-9(15)6-3-1-2-4-7(6)10(12)16/h1-4,11H,5H2,(H,13,14). The van der Waals surface area contributed by atoms with E-state index in [4.69, 9.17) is 5.11 Å². The van der Waals surface area contributed by atoms with Crippen LogP contribution < -0.4 is 5.43 Å². The fraction of sp³-hybridized carbons (Fsp3) is 0.100. The zero-order valence-corrected chi connectivity index (χ0v) is 8.14. The molecule has 2 N–H and O–H groups in total.